The molecule has 0 saturated carbocycles. The smallest absolute Gasteiger partial charge is 0.251 e. The number of anilines is 1. The van der Waals surface area contributed by atoms with Gasteiger partial charge in [-0.05, 0) is 46.8 Å². The van der Waals surface area contributed by atoms with Gasteiger partial charge in [0.2, 0.25) is 0 Å². The third-order valence-electron chi connectivity index (χ3n) is 4.00. The minimum Gasteiger partial charge on any atom is -0.365 e. The normalized spacial score (nSPS) is 12.2. The quantitative estimate of drug-likeness (QED) is 0.772. The van der Waals surface area contributed by atoms with Crippen LogP contribution in [0.5, 0.6) is 0 Å². The average molecular weight is 324 g/mol. The van der Waals surface area contributed by atoms with Crippen LogP contribution in [0.4, 0.5) is 5.82 Å². The van der Waals surface area contributed by atoms with Crippen molar-refractivity contribution in [2.45, 2.75) is 13.1 Å². The second-order valence-corrected chi connectivity index (χ2v) is 6.00. The topological polar surface area (TPSA) is 54.0 Å². The maximum atomic E-state index is 12.5. The van der Waals surface area contributed by atoms with Gasteiger partial charge in [0.25, 0.3) is 5.91 Å². The summed E-state index contributed by atoms with van der Waals surface area (Å²) < 4.78 is 0. The van der Waals surface area contributed by atoms with Crippen LogP contribution in [0.1, 0.15) is 21.5 Å². The number of carbonyl (C=O) groups excluding carboxylic acids is 1. The fourth-order valence-electron chi connectivity index (χ4n) is 2.92. The first-order valence-corrected chi connectivity index (χ1v) is 7.77. The van der Waals surface area contributed by atoms with Crippen molar-refractivity contribution in [3.8, 4) is 0 Å². The number of nitrogens with zero attached hydrogens (tertiary/aromatic N) is 1. The Balaban J connectivity index is 1.59. The summed E-state index contributed by atoms with van der Waals surface area (Å²) in [4.78, 5) is 16.8. The van der Waals surface area contributed by atoms with E-state index in [1.54, 1.807) is 6.20 Å². The van der Waals surface area contributed by atoms with E-state index in [2.05, 4.69) is 15.6 Å². The van der Waals surface area contributed by atoms with Crippen LogP contribution >= 0.6 is 11.6 Å². The molecule has 0 spiro atoms. The summed E-state index contributed by atoms with van der Waals surface area (Å²) in [5, 5.41) is 9.00. The number of amides is 1. The van der Waals surface area contributed by atoms with Crippen LogP contribution in [0.2, 0.25) is 5.02 Å². The monoisotopic (exact) mass is 323 g/mol. The van der Waals surface area contributed by atoms with Gasteiger partial charge in [-0.3, -0.25) is 4.79 Å². The Kier molecular flexibility index (Phi) is 3.39. The Morgan fingerprint density at radius 2 is 2.17 bits per heavy atom. The zero-order chi connectivity index (χ0) is 15.8. The Morgan fingerprint density at radius 3 is 3.04 bits per heavy atom. The van der Waals surface area contributed by atoms with Crippen LogP contribution < -0.4 is 10.6 Å². The van der Waals surface area contributed by atoms with Crippen LogP contribution in [0.25, 0.3) is 10.8 Å². The summed E-state index contributed by atoms with van der Waals surface area (Å²) >= 11 is 5.96. The fraction of sp³-hybridized carbons (Fsp3) is 0.111. The Morgan fingerprint density at radius 1 is 1.26 bits per heavy atom. The Bertz CT molecular complexity index is 923. The molecule has 0 saturated heterocycles. The highest BCUT2D eigenvalue weighted by Crippen LogP contribution is 2.32. The van der Waals surface area contributed by atoms with Gasteiger partial charge in [-0.1, -0.05) is 23.7 Å². The molecular weight excluding hydrogens is 310 g/mol. The summed E-state index contributed by atoms with van der Waals surface area (Å²) in [6, 6.07) is 13.3. The minimum absolute atomic E-state index is 0.0895. The SMILES string of the molecule is O=C(NCc1cccc(Cl)c1)c1cc2c3c(nccc3c1)NC2. The summed E-state index contributed by atoms with van der Waals surface area (Å²) in [6.07, 6.45) is 1.76. The highest BCUT2D eigenvalue weighted by molar-refractivity contribution is 6.30. The number of halogens is 1. The predicted molar refractivity (Wildman–Crippen MR) is 91.7 cm³/mol. The van der Waals surface area contributed by atoms with Crippen LogP contribution in [-0.2, 0) is 13.1 Å². The van der Waals surface area contributed by atoms with Crippen LogP contribution in [0, 0.1) is 0 Å². The minimum atomic E-state index is -0.0895. The first-order valence-electron chi connectivity index (χ1n) is 7.39. The van der Waals surface area contributed by atoms with Gasteiger partial charge in [-0.2, -0.15) is 0 Å². The lowest BCUT2D eigenvalue weighted by molar-refractivity contribution is 0.0951. The second-order valence-electron chi connectivity index (χ2n) is 5.56. The lowest BCUT2D eigenvalue weighted by atomic mass is 10.0. The average Bonchev–Trinajstić information content (AvgIpc) is 2.98. The summed E-state index contributed by atoms with van der Waals surface area (Å²) in [5.74, 6) is 0.803. The van der Waals surface area contributed by atoms with Gasteiger partial charge < -0.3 is 10.6 Å². The summed E-state index contributed by atoms with van der Waals surface area (Å²) in [5.41, 5.74) is 2.75. The first kappa shape index (κ1) is 14.0. The van der Waals surface area contributed by atoms with Gasteiger partial charge in [0.1, 0.15) is 5.82 Å². The molecule has 4 nitrogen and oxygen atoms in total. The Labute approximate surface area is 138 Å². The van der Waals surface area contributed by atoms with Gasteiger partial charge in [0.15, 0.2) is 0 Å². The molecule has 114 valence electrons. The maximum absolute atomic E-state index is 12.5. The van der Waals surface area contributed by atoms with Crippen molar-refractivity contribution < 1.29 is 4.79 Å². The summed E-state index contributed by atoms with van der Waals surface area (Å²) in [7, 11) is 0. The molecule has 0 aliphatic carbocycles. The number of carbonyl (C=O) groups is 1. The Hall–Kier alpha value is -2.59. The molecule has 2 N–H and O–H groups in total. The number of hydrogen-bond donors (Lipinski definition) is 2. The van der Waals surface area contributed by atoms with E-state index in [4.69, 9.17) is 11.6 Å². The van der Waals surface area contributed by atoms with E-state index in [0.717, 1.165) is 27.7 Å². The molecule has 2 aromatic carbocycles. The summed E-state index contributed by atoms with van der Waals surface area (Å²) in [6.45, 7) is 1.16. The van der Waals surface area contributed by atoms with E-state index < -0.39 is 0 Å². The highest BCUT2D eigenvalue weighted by Gasteiger charge is 2.17. The molecule has 2 heterocycles. The number of pyridine rings is 1. The van der Waals surface area contributed by atoms with E-state index in [1.165, 1.54) is 0 Å². The van der Waals surface area contributed by atoms with Crippen molar-refractivity contribution in [1.82, 2.24) is 10.3 Å². The van der Waals surface area contributed by atoms with Gasteiger partial charge in [-0.15, -0.1) is 0 Å². The van der Waals surface area contributed by atoms with Gasteiger partial charge in [0, 0.05) is 35.3 Å². The van der Waals surface area contributed by atoms with Crippen molar-refractivity contribution >= 4 is 34.1 Å². The van der Waals surface area contributed by atoms with Crippen molar-refractivity contribution in [2.75, 3.05) is 5.32 Å². The maximum Gasteiger partial charge on any atom is 0.251 e. The van der Waals surface area contributed by atoms with Crippen LogP contribution in [0.3, 0.4) is 0 Å². The van der Waals surface area contributed by atoms with Crippen LogP contribution in [0.15, 0.2) is 48.7 Å². The lowest BCUT2D eigenvalue weighted by Crippen LogP contribution is -2.22. The molecule has 1 aliphatic heterocycles. The van der Waals surface area contributed by atoms with E-state index >= 15 is 0 Å². The van der Waals surface area contributed by atoms with E-state index in [9.17, 15) is 4.79 Å². The third kappa shape index (κ3) is 2.62. The largest absolute Gasteiger partial charge is 0.365 e. The number of aromatic nitrogens is 1. The van der Waals surface area contributed by atoms with Crippen molar-refractivity contribution in [2.24, 2.45) is 0 Å². The molecule has 0 fully saturated rings. The van der Waals surface area contributed by atoms with Gasteiger partial charge in [-0.25, -0.2) is 4.98 Å². The zero-order valence-corrected chi connectivity index (χ0v) is 13.0. The molecule has 0 atom stereocenters. The first-order chi connectivity index (χ1) is 11.2. The van der Waals surface area contributed by atoms with Crippen LogP contribution in [-0.4, -0.2) is 10.9 Å². The number of benzene rings is 2. The highest BCUT2D eigenvalue weighted by atomic mass is 35.5. The molecular formula is C18H14ClN3O. The lowest BCUT2D eigenvalue weighted by Gasteiger charge is -2.08. The molecule has 1 amide bonds. The molecule has 4 rings (SSSR count). The van der Waals surface area contributed by atoms with Crippen molar-refractivity contribution in [3.05, 3.63) is 70.4 Å². The molecule has 1 aliphatic rings. The molecule has 1 aromatic heterocycles. The molecule has 3 aromatic rings. The third-order valence-corrected chi connectivity index (χ3v) is 4.23. The zero-order valence-electron chi connectivity index (χ0n) is 12.3. The molecule has 0 bridgehead atoms. The van der Waals surface area contributed by atoms with E-state index in [0.29, 0.717) is 23.7 Å². The van der Waals surface area contributed by atoms with E-state index in [-0.39, 0.29) is 5.91 Å². The fourth-order valence-corrected chi connectivity index (χ4v) is 3.13. The van der Waals surface area contributed by atoms with Gasteiger partial charge in [0.05, 0.1) is 0 Å². The van der Waals surface area contributed by atoms with Crippen molar-refractivity contribution in [1.29, 1.82) is 0 Å². The standard InChI is InChI=1S/C18H14ClN3O/c19-15-3-1-2-11(6-15)9-22-18(23)13-7-12-4-5-20-17-16(12)14(8-13)10-21-17/h1-8H,9-10H2,(H,20,21)(H,22,23). The number of rotatable bonds is 3. The number of nitrogens with one attached hydrogen (secondary N) is 2. The molecule has 0 radical (unpaired) electrons. The molecule has 23 heavy (non-hydrogen) atoms. The van der Waals surface area contributed by atoms with Crippen molar-refractivity contribution in [3.63, 3.8) is 0 Å². The molecule has 5 heteroatoms. The number of hydrogen-bond acceptors (Lipinski definition) is 3. The van der Waals surface area contributed by atoms with E-state index in [1.807, 2.05) is 42.5 Å². The second kappa shape index (κ2) is 5.56. The predicted octanol–water partition coefficient (Wildman–Crippen LogP) is 3.74. The molecule has 0 unspecified atom stereocenters. The van der Waals surface area contributed by atoms with Gasteiger partial charge >= 0.3 is 0 Å².